The molecule has 0 saturated heterocycles. The van der Waals surface area contributed by atoms with E-state index in [4.69, 9.17) is 0 Å². The molecule has 0 saturated carbocycles. The lowest BCUT2D eigenvalue weighted by Crippen LogP contribution is -2.31. The summed E-state index contributed by atoms with van der Waals surface area (Å²) in [6, 6.07) is 0.225. The van der Waals surface area contributed by atoms with Gasteiger partial charge in [0.25, 0.3) is 10.0 Å². The zero-order valence-electron chi connectivity index (χ0n) is 12.1. The number of hydrogen-bond acceptors (Lipinski definition) is 3. The van der Waals surface area contributed by atoms with Gasteiger partial charge in [-0.3, -0.25) is 0 Å². The second kappa shape index (κ2) is 5.25. The molecule has 0 aliphatic carbocycles. The summed E-state index contributed by atoms with van der Waals surface area (Å²) in [7, 11) is -3.50. The summed E-state index contributed by atoms with van der Waals surface area (Å²) in [6.07, 6.45) is 3.67. The first kappa shape index (κ1) is 14.5. The number of imidazole rings is 1. The van der Waals surface area contributed by atoms with Crippen molar-refractivity contribution in [2.45, 2.75) is 70.5 Å². The fourth-order valence-electron chi connectivity index (χ4n) is 2.77. The number of fused-ring (bicyclic) bond motifs is 1. The molecule has 5 nitrogen and oxygen atoms in total. The third kappa shape index (κ3) is 2.69. The third-order valence-corrected chi connectivity index (χ3v) is 5.10. The number of nitrogens with zero attached hydrogens (tertiary/aromatic N) is 2. The lowest BCUT2D eigenvalue weighted by Gasteiger charge is -2.24. The molecular weight excluding hydrogens is 262 g/mol. The van der Waals surface area contributed by atoms with Crippen LogP contribution in [0.4, 0.5) is 0 Å². The Balaban J connectivity index is 2.54. The van der Waals surface area contributed by atoms with Gasteiger partial charge in [0, 0.05) is 18.5 Å². The molecule has 2 heterocycles. The van der Waals surface area contributed by atoms with Crippen molar-refractivity contribution in [2.75, 3.05) is 0 Å². The van der Waals surface area contributed by atoms with Crippen molar-refractivity contribution < 1.29 is 8.42 Å². The Kier molecular flexibility index (Phi) is 4.01. The van der Waals surface area contributed by atoms with Gasteiger partial charge in [0.05, 0.1) is 5.69 Å². The monoisotopic (exact) mass is 285 g/mol. The Labute approximate surface area is 115 Å². The number of aromatic nitrogens is 2. The molecule has 0 aromatic carbocycles. The van der Waals surface area contributed by atoms with E-state index in [1.54, 1.807) is 0 Å². The lowest BCUT2D eigenvalue weighted by molar-refractivity contribution is 0.416. The molecule has 1 aromatic heterocycles. The normalized spacial score (nSPS) is 19.7. The van der Waals surface area contributed by atoms with Crippen molar-refractivity contribution in [3.8, 4) is 0 Å². The molecule has 2 rings (SSSR count). The number of rotatable bonds is 4. The highest BCUT2D eigenvalue weighted by Gasteiger charge is 2.30. The summed E-state index contributed by atoms with van der Waals surface area (Å²) in [5.41, 5.74) is 0.878. The zero-order chi connectivity index (χ0) is 14.2. The van der Waals surface area contributed by atoms with Crippen LogP contribution in [-0.4, -0.2) is 24.0 Å². The number of sulfonamides is 1. The van der Waals surface area contributed by atoms with E-state index in [0.717, 1.165) is 37.2 Å². The maximum absolute atomic E-state index is 12.4. The minimum Gasteiger partial charge on any atom is -0.328 e. The fourth-order valence-corrected chi connectivity index (χ4v) is 4.24. The molecule has 1 aliphatic heterocycles. The number of aryl methyl sites for hydroxylation is 1. The molecule has 19 heavy (non-hydrogen) atoms. The van der Waals surface area contributed by atoms with Gasteiger partial charge >= 0.3 is 0 Å². The summed E-state index contributed by atoms with van der Waals surface area (Å²) in [4.78, 5) is 4.40. The summed E-state index contributed by atoms with van der Waals surface area (Å²) >= 11 is 0. The highest BCUT2D eigenvalue weighted by atomic mass is 32.2. The van der Waals surface area contributed by atoms with Crippen molar-refractivity contribution in [1.82, 2.24) is 14.3 Å². The van der Waals surface area contributed by atoms with Gasteiger partial charge in [-0.15, -0.1) is 0 Å². The number of hydrogen-bond donors (Lipinski definition) is 1. The standard InChI is InChI=1S/C13H23N3O2S/c1-5-12-14-13(19(17,18)15-9(2)3)11-8-6-7-10(4)16(11)12/h9-10,15H,5-8H2,1-4H3. The fraction of sp³-hybridized carbons (Fsp3) is 0.769. The molecule has 6 heteroatoms. The molecule has 0 fully saturated rings. The summed E-state index contributed by atoms with van der Waals surface area (Å²) in [5, 5.41) is 0.240. The second-order valence-electron chi connectivity index (χ2n) is 5.52. The Morgan fingerprint density at radius 2 is 2.16 bits per heavy atom. The second-order valence-corrected chi connectivity index (χ2v) is 7.15. The molecule has 1 aliphatic rings. The topological polar surface area (TPSA) is 64.0 Å². The van der Waals surface area contributed by atoms with E-state index in [1.165, 1.54) is 0 Å². The quantitative estimate of drug-likeness (QED) is 0.920. The minimum absolute atomic E-state index is 0.117. The Bertz CT molecular complexity index is 561. The van der Waals surface area contributed by atoms with Crippen LogP contribution in [0.2, 0.25) is 0 Å². The van der Waals surface area contributed by atoms with Crippen molar-refractivity contribution in [2.24, 2.45) is 0 Å². The molecule has 1 N–H and O–H groups in total. The van der Waals surface area contributed by atoms with E-state index in [9.17, 15) is 8.42 Å². The van der Waals surface area contributed by atoms with Crippen LogP contribution < -0.4 is 4.72 Å². The average Bonchev–Trinajstić information content (AvgIpc) is 2.68. The van der Waals surface area contributed by atoms with Gasteiger partial charge in [-0.2, -0.15) is 0 Å². The van der Waals surface area contributed by atoms with Gasteiger partial charge in [0.15, 0.2) is 5.03 Å². The van der Waals surface area contributed by atoms with Crippen LogP contribution in [0, 0.1) is 0 Å². The Morgan fingerprint density at radius 1 is 1.47 bits per heavy atom. The van der Waals surface area contributed by atoms with Crippen LogP contribution in [0.5, 0.6) is 0 Å². The smallest absolute Gasteiger partial charge is 0.260 e. The van der Waals surface area contributed by atoms with E-state index >= 15 is 0 Å². The lowest BCUT2D eigenvalue weighted by atomic mass is 10.0. The molecular formula is C13H23N3O2S. The highest BCUT2D eigenvalue weighted by Crippen LogP contribution is 2.30. The third-order valence-electron chi connectivity index (χ3n) is 3.48. The Hall–Kier alpha value is -0.880. The van der Waals surface area contributed by atoms with Crippen molar-refractivity contribution in [1.29, 1.82) is 0 Å². The van der Waals surface area contributed by atoms with Crippen LogP contribution in [0.3, 0.4) is 0 Å². The van der Waals surface area contributed by atoms with Gasteiger partial charge < -0.3 is 4.57 Å². The maximum Gasteiger partial charge on any atom is 0.260 e. The van der Waals surface area contributed by atoms with Crippen molar-refractivity contribution >= 4 is 10.0 Å². The van der Waals surface area contributed by atoms with Crippen LogP contribution in [0.25, 0.3) is 0 Å². The SMILES string of the molecule is CCc1nc(S(=O)(=O)NC(C)C)c2n1C(C)CCC2. The zero-order valence-corrected chi connectivity index (χ0v) is 12.9. The van der Waals surface area contributed by atoms with Crippen LogP contribution in [0.1, 0.15) is 58.1 Å². The van der Waals surface area contributed by atoms with E-state index in [2.05, 4.69) is 21.2 Å². The van der Waals surface area contributed by atoms with Crippen molar-refractivity contribution in [3.63, 3.8) is 0 Å². The Morgan fingerprint density at radius 3 is 2.74 bits per heavy atom. The first-order valence-corrected chi connectivity index (χ1v) is 8.47. The summed E-state index contributed by atoms with van der Waals surface area (Å²) in [5.74, 6) is 0.881. The molecule has 0 bridgehead atoms. The maximum atomic E-state index is 12.4. The molecule has 1 atom stereocenters. The van der Waals surface area contributed by atoms with Crippen molar-refractivity contribution in [3.05, 3.63) is 11.5 Å². The predicted molar refractivity (Wildman–Crippen MR) is 74.7 cm³/mol. The van der Waals surface area contributed by atoms with E-state index in [0.29, 0.717) is 6.04 Å². The molecule has 0 spiro atoms. The summed E-state index contributed by atoms with van der Waals surface area (Å²) < 4.78 is 29.5. The predicted octanol–water partition coefficient (Wildman–Crippen LogP) is 2.03. The molecule has 108 valence electrons. The van der Waals surface area contributed by atoms with Crippen LogP contribution in [-0.2, 0) is 22.9 Å². The van der Waals surface area contributed by atoms with Gasteiger partial charge in [-0.1, -0.05) is 6.92 Å². The highest BCUT2D eigenvalue weighted by molar-refractivity contribution is 7.89. The molecule has 0 amide bonds. The first-order chi connectivity index (χ1) is 8.86. The van der Waals surface area contributed by atoms with Crippen LogP contribution >= 0.6 is 0 Å². The number of nitrogens with one attached hydrogen (secondary N) is 1. The van der Waals surface area contributed by atoms with E-state index < -0.39 is 10.0 Å². The molecule has 1 aromatic rings. The van der Waals surface area contributed by atoms with Gasteiger partial charge in [-0.25, -0.2) is 18.1 Å². The van der Waals surface area contributed by atoms with Gasteiger partial charge in [0.2, 0.25) is 0 Å². The van der Waals surface area contributed by atoms with Crippen LogP contribution in [0.15, 0.2) is 5.03 Å². The molecule has 1 unspecified atom stereocenters. The largest absolute Gasteiger partial charge is 0.328 e. The molecule has 0 radical (unpaired) electrons. The van der Waals surface area contributed by atoms with Gasteiger partial charge in [-0.05, 0) is 40.0 Å². The first-order valence-electron chi connectivity index (χ1n) is 6.99. The van der Waals surface area contributed by atoms with Gasteiger partial charge in [0.1, 0.15) is 5.82 Å². The average molecular weight is 285 g/mol. The van der Waals surface area contributed by atoms with E-state index in [1.807, 2.05) is 20.8 Å². The summed E-state index contributed by atoms with van der Waals surface area (Å²) in [6.45, 7) is 7.80. The minimum atomic E-state index is -3.50. The van der Waals surface area contributed by atoms with E-state index in [-0.39, 0.29) is 11.1 Å².